The Hall–Kier alpha value is -3.54. The lowest BCUT2D eigenvalue weighted by Crippen LogP contribution is -2.48. The van der Waals surface area contributed by atoms with E-state index in [-0.39, 0.29) is 19.7 Å². The average Bonchev–Trinajstić information content (AvgIpc) is 3.17. The molecule has 0 bridgehead atoms. The van der Waals surface area contributed by atoms with Crippen LogP contribution >= 0.6 is 0 Å². The van der Waals surface area contributed by atoms with Crippen LogP contribution in [0.5, 0.6) is 6.01 Å². The zero-order chi connectivity index (χ0) is 26.2. The number of halogens is 2. The van der Waals surface area contributed by atoms with Crippen molar-refractivity contribution in [2.45, 2.75) is 57.6 Å². The molecule has 3 aromatic rings. The van der Waals surface area contributed by atoms with Gasteiger partial charge in [-0.1, -0.05) is 17.7 Å². The summed E-state index contributed by atoms with van der Waals surface area (Å²) in [5.74, 6) is -4.88. The third-order valence-electron chi connectivity index (χ3n) is 7.12. The molecule has 5 rings (SSSR count). The Morgan fingerprint density at radius 3 is 2.76 bits per heavy atom. The number of carbonyl (C=O) groups is 1. The van der Waals surface area contributed by atoms with Crippen LogP contribution in [0.25, 0.3) is 11.4 Å². The number of carboxylic acids is 1. The van der Waals surface area contributed by atoms with Gasteiger partial charge in [-0.25, -0.2) is 18.4 Å². The molecule has 12 heteroatoms. The molecule has 0 spiro atoms. The summed E-state index contributed by atoms with van der Waals surface area (Å²) in [5.41, 5.74) is 4.19. The number of pyridine rings is 1. The Morgan fingerprint density at radius 2 is 2.05 bits per heavy atom. The van der Waals surface area contributed by atoms with Crippen molar-refractivity contribution in [3.8, 4) is 17.4 Å². The van der Waals surface area contributed by atoms with Crippen molar-refractivity contribution >= 4 is 5.97 Å². The van der Waals surface area contributed by atoms with E-state index in [2.05, 4.69) is 25.3 Å². The van der Waals surface area contributed by atoms with Crippen LogP contribution in [0.3, 0.4) is 0 Å². The second-order valence-electron chi connectivity index (χ2n) is 9.89. The first-order chi connectivity index (χ1) is 17.7. The average molecular weight is 514 g/mol. The maximum absolute atomic E-state index is 14.1. The van der Waals surface area contributed by atoms with E-state index in [1.165, 1.54) is 11.3 Å². The first-order valence-corrected chi connectivity index (χ1v) is 12.3. The molecular formula is C25H29F2N7O3. The second-order valence-corrected chi connectivity index (χ2v) is 9.89. The van der Waals surface area contributed by atoms with E-state index in [0.717, 1.165) is 24.1 Å². The van der Waals surface area contributed by atoms with Crippen molar-refractivity contribution in [2.24, 2.45) is 13.0 Å². The zero-order valence-corrected chi connectivity index (χ0v) is 20.8. The second kappa shape index (κ2) is 10.1. The Labute approximate surface area is 212 Å². The summed E-state index contributed by atoms with van der Waals surface area (Å²) < 4.78 is 35.7. The Balaban J connectivity index is 1.30. The smallest absolute Gasteiger partial charge is 0.316 e. The van der Waals surface area contributed by atoms with Gasteiger partial charge in [0.25, 0.3) is 5.92 Å². The number of nitrogens with zero attached hydrogens (tertiary/aromatic N) is 7. The fourth-order valence-electron chi connectivity index (χ4n) is 4.83. The molecule has 4 heterocycles. The van der Waals surface area contributed by atoms with Gasteiger partial charge in [-0.15, -0.1) is 5.10 Å². The molecule has 196 valence electrons. The van der Waals surface area contributed by atoms with E-state index in [4.69, 9.17) is 4.74 Å². The minimum atomic E-state index is -3.04. The summed E-state index contributed by atoms with van der Waals surface area (Å²) in [6.07, 6.45) is 4.55. The van der Waals surface area contributed by atoms with Gasteiger partial charge in [-0.3, -0.25) is 14.7 Å². The predicted molar refractivity (Wildman–Crippen MR) is 128 cm³/mol. The number of rotatable bonds is 8. The molecule has 37 heavy (non-hydrogen) atoms. The largest absolute Gasteiger partial charge is 0.481 e. The highest BCUT2D eigenvalue weighted by molar-refractivity contribution is 5.70. The highest BCUT2D eigenvalue weighted by Gasteiger charge is 2.43. The lowest BCUT2D eigenvalue weighted by Gasteiger charge is -2.36. The molecule has 0 amide bonds. The van der Waals surface area contributed by atoms with Crippen LogP contribution in [0.2, 0.25) is 0 Å². The Kier molecular flexibility index (Phi) is 6.84. The van der Waals surface area contributed by atoms with E-state index in [1.54, 1.807) is 30.9 Å². The van der Waals surface area contributed by atoms with Gasteiger partial charge in [0.15, 0.2) is 0 Å². The van der Waals surface area contributed by atoms with Gasteiger partial charge in [0.1, 0.15) is 18.0 Å². The number of likely N-dealkylation sites (tertiary alicyclic amines) is 1. The third kappa shape index (κ3) is 5.58. The maximum atomic E-state index is 14.1. The zero-order valence-electron chi connectivity index (χ0n) is 20.8. The van der Waals surface area contributed by atoms with Crippen LogP contribution in [0, 0.1) is 12.8 Å². The summed E-state index contributed by atoms with van der Waals surface area (Å²) >= 11 is 0. The van der Waals surface area contributed by atoms with Crippen LogP contribution in [0.15, 0.2) is 24.4 Å². The molecule has 3 aromatic heterocycles. The van der Waals surface area contributed by atoms with Gasteiger partial charge >= 0.3 is 12.0 Å². The molecule has 0 radical (unpaired) electrons. The number of hydrogen-bond acceptors (Lipinski definition) is 8. The maximum Gasteiger partial charge on any atom is 0.316 e. The van der Waals surface area contributed by atoms with Crippen LogP contribution < -0.4 is 4.74 Å². The van der Waals surface area contributed by atoms with Crippen LogP contribution in [0.4, 0.5) is 8.78 Å². The fraction of sp³-hybridized carbons (Fsp3) is 0.520. The summed E-state index contributed by atoms with van der Waals surface area (Å²) in [6, 6.07) is 5.80. The molecule has 1 saturated carbocycles. The number of aryl methyl sites for hydroxylation is 2. The SMILES string of the molecule is Cc1nc(-c2nnn(C)c2COc2nccc(C3CCC3)n2)ccc1CN1C[C@@H](C(=O)O)CC(F)(F)C1. The van der Waals surface area contributed by atoms with Crippen molar-refractivity contribution in [2.75, 3.05) is 13.1 Å². The first-order valence-electron chi connectivity index (χ1n) is 12.3. The molecule has 1 atom stereocenters. The van der Waals surface area contributed by atoms with Gasteiger partial charge in [0, 0.05) is 44.4 Å². The van der Waals surface area contributed by atoms with Crippen molar-refractivity contribution in [3.05, 3.63) is 47.0 Å². The van der Waals surface area contributed by atoms with Gasteiger partial charge < -0.3 is 9.84 Å². The predicted octanol–water partition coefficient (Wildman–Crippen LogP) is 3.36. The van der Waals surface area contributed by atoms with Gasteiger partial charge in [-0.2, -0.15) is 4.98 Å². The van der Waals surface area contributed by atoms with Gasteiger partial charge in [0.2, 0.25) is 0 Å². The molecule has 1 saturated heterocycles. The lowest BCUT2D eigenvalue weighted by atomic mass is 9.83. The molecular weight excluding hydrogens is 484 g/mol. The molecule has 1 aliphatic heterocycles. The van der Waals surface area contributed by atoms with E-state index >= 15 is 0 Å². The van der Waals surface area contributed by atoms with Crippen LogP contribution in [-0.2, 0) is 25.0 Å². The van der Waals surface area contributed by atoms with E-state index < -0.39 is 30.8 Å². The molecule has 10 nitrogen and oxygen atoms in total. The Bertz CT molecular complexity index is 1300. The minimum Gasteiger partial charge on any atom is -0.481 e. The third-order valence-corrected chi connectivity index (χ3v) is 7.12. The summed E-state index contributed by atoms with van der Waals surface area (Å²) in [5, 5.41) is 17.6. The van der Waals surface area contributed by atoms with Crippen molar-refractivity contribution in [1.82, 2.24) is 34.8 Å². The molecule has 1 N–H and O–H groups in total. The number of hydrogen-bond donors (Lipinski definition) is 1. The van der Waals surface area contributed by atoms with E-state index in [1.807, 2.05) is 12.1 Å². The molecule has 1 aliphatic carbocycles. The topological polar surface area (TPSA) is 119 Å². The van der Waals surface area contributed by atoms with Crippen molar-refractivity contribution < 1.29 is 23.4 Å². The lowest BCUT2D eigenvalue weighted by molar-refractivity contribution is -0.153. The number of aliphatic carboxylic acids is 1. The molecule has 2 aliphatic rings. The first kappa shape index (κ1) is 25.1. The number of aromatic nitrogens is 6. The number of ether oxygens (including phenoxy) is 1. The summed E-state index contributed by atoms with van der Waals surface area (Å²) in [6.45, 7) is 1.72. The van der Waals surface area contributed by atoms with Crippen molar-refractivity contribution in [1.29, 1.82) is 0 Å². The van der Waals surface area contributed by atoms with Crippen molar-refractivity contribution in [3.63, 3.8) is 0 Å². The fourth-order valence-corrected chi connectivity index (χ4v) is 4.83. The highest BCUT2D eigenvalue weighted by atomic mass is 19.3. The quantitative estimate of drug-likeness (QED) is 0.483. The number of carboxylic acid groups (broad SMARTS) is 1. The number of piperidine rings is 1. The Morgan fingerprint density at radius 1 is 1.24 bits per heavy atom. The summed E-state index contributed by atoms with van der Waals surface area (Å²) in [4.78, 5) is 26.2. The number of alkyl halides is 2. The standard InChI is InChI=1S/C25H29F2N7O3/c1-15-17(11-34-12-18(23(35)36)10-25(26,27)14-34)6-7-20(29-15)22-21(33(2)32-31-22)13-37-24-28-9-8-19(30-24)16-4-3-5-16/h6-9,16,18H,3-5,10-14H2,1-2H3,(H,35,36)/t18-/m0/s1. The molecule has 0 unspecified atom stereocenters. The monoisotopic (exact) mass is 513 g/mol. The van der Waals surface area contributed by atoms with Gasteiger partial charge in [0.05, 0.1) is 23.9 Å². The molecule has 0 aromatic carbocycles. The molecule has 2 fully saturated rings. The summed E-state index contributed by atoms with van der Waals surface area (Å²) in [7, 11) is 1.76. The van der Waals surface area contributed by atoms with E-state index in [9.17, 15) is 18.7 Å². The van der Waals surface area contributed by atoms with Crippen LogP contribution in [-0.4, -0.2) is 64.9 Å². The highest BCUT2D eigenvalue weighted by Crippen LogP contribution is 2.35. The van der Waals surface area contributed by atoms with Crippen LogP contribution in [0.1, 0.15) is 54.2 Å². The van der Waals surface area contributed by atoms with Gasteiger partial charge in [-0.05, 0) is 37.5 Å². The van der Waals surface area contributed by atoms with E-state index in [0.29, 0.717) is 34.7 Å². The normalized spacial score (nSPS) is 19.9. The minimum absolute atomic E-state index is 0.0712.